The number of allylic oxidation sites excluding steroid dienone is 2. The van der Waals surface area contributed by atoms with Crippen molar-refractivity contribution in [2.75, 3.05) is 0 Å². The van der Waals surface area contributed by atoms with Crippen LogP contribution < -0.4 is 4.74 Å². The molecule has 0 heterocycles. The van der Waals surface area contributed by atoms with Crippen molar-refractivity contribution in [2.24, 2.45) is 0 Å². The van der Waals surface area contributed by atoms with Gasteiger partial charge in [-0.3, -0.25) is 4.79 Å². The molecule has 0 bridgehead atoms. The number of carbonyl (C=O) groups excluding carboxylic acids is 1. The summed E-state index contributed by atoms with van der Waals surface area (Å²) in [5, 5.41) is 0. The molecule has 1 aliphatic rings. The van der Waals surface area contributed by atoms with Gasteiger partial charge in [-0.15, -0.1) is 0 Å². The van der Waals surface area contributed by atoms with Crippen LogP contribution in [0.2, 0.25) is 0 Å². The Labute approximate surface area is 87.6 Å². The Morgan fingerprint density at radius 3 is 2.47 bits per heavy atom. The summed E-state index contributed by atoms with van der Waals surface area (Å²) >= 11 is 0. The van der Waals surface area contributed by atoms with E-state index in [-0.39, 0.29) is 11.7 Å². The first-order valence-corrected chi connectivity index (χ1v) is 4.57. The molecule has 0 saturated heterocycles. The number of rotatable bonds is 4. The zero-order valence-electron chi connectivity index (χ0n) is 8.10. The summed E-state index contributed by atoms with van der Waals surface area (Å²) in [5.41, 5.74) is 0. The minimum absolute atomic E-state index is 0.0671. The maximum absolute atomic E-state index is 10.6. The number of ketones is 1. The predicted molar refractivity (Wildman–Crippen MR) is 55.0 cm³/mol. The summed E-state index contributed by atoms with van der Waals surface area (Å²) in [4.78, 5) is 10.6. The Morgan fingerprint density at radius 2 is 1.87 bits per heavy atom. The lowest BCUT2D eigenvalue weighted by atomic mass is 10.1. The van der Waals surface area contributed by atoms with Gasteiger partial charge in [-0.1, -0.05) is 18.2 Å². The van der Waals surface area contributed by atoms with E-state index < -0.39 is 0 Å². The molecule has 0 radical (unpaired) electrons. The summed E-state index contributed by atoms with van der Waals surface area (Å²) < 4.78 is 10.5. The van der Waals surface area contributed by atoms with Gasteiger partial charge in [0.05, 0.1) is 6.42 Å². The second-order valence-electron chi connectivity index (χ2n) is 3.14. The van der Waals surface area contributed by atoms with E-state index in [0.717, 1.165) is 0 Å². The summed E-state index contributed by atoms with van der Waals surface area (Å²) in [5.74, 6) is 1.51. The van der Waals surface area contributed by atoms with E-state index in [1.54, 1.807) is 12.1 Å². The highest BCUT2D eigenvalue weighted by Crippen LogP contribution is 2.20. The number of ether oxygens (including phenoxy) is 2. The van der Waals surface area contributed by atoms with Gasteiger partial charge in [-0.05, 0) is 18.7 Å². The molecule has 0 N–H and O–H groups in total. The summed E-state index contributed by atoms with van der Waals surface area (Å²) in [7, 11) is 0. The molecule has 0 spiro atoms. The first-order valence-electron chi connectivity index (χ1n) is 4.57. The van der Waals surface area contributed by atoms with Crippen LogP contribution in [0.1, 0.15) is 6.42 Å². The maximum Gasteiger partial charge on any atom is 0.282 e. The van der Waals surface area contributed by atoms with Crippen molar-refractivity contribution >= 4 is 5.78 Å². The third-order valence-electron chi connectivity index (χ3n) is 1.89. The van der Waals surface area contributed by atoms with E-state index in [4.69, 9.17) is 9.47 Å². The summed E-state index contributed by atoms with van der Waals surface area (Å²) in [6.07, 6.45) is 1.76. The second kappa shape index (κ2) is 4.00. The fourth-order valence-electron chi connectivity index (χ4n) is 1.17. The first-order chi connectivity index (χ1) is 7.24. The molecule has 0 aromatic heterocycles. The number of hydrogen-bond donors (Lipinski definition) is 0. The van der Waals surface area contributed by atoms with E-state index in [2.05, 4.69) is 6.58 Å². The third kappa shape index (κ3) is 2.47. The lowest BCUT2D eigenvalue weighted by molar-refractivity contribution is -0.116. The van der Waals surface area contributed by atoms with Crippen molar-refractivity contribution in [1.82, 2.24) is 0 Å². The molecular weight excluding hydrogens is 192 g/mol. The van der Waals surface area contributed by atoms with Gasteiger partial charge in [0.15, 0.2) is 5.78 Å². The van der Waals surface area contributed by atoms with Crippen LogP contribution in [0.3, 0.4) is 0 Å². The van der Waals surface area contributed by atoms with Gasteiger partial charge in [-0.2, -0.15) is 0 Å². The van der Waals surface area contributed by atoms with Crippen LogP contribution in [0, 0.1) is 0 Å². The van der Waals surface area contributed by atoms with Gasteiger partial charge in [0.2, 0.25) is 0 Å². The molecule has 0 unspecified atom stereocenters. The first kappa shape index (κ1) is 9.52. The van der Waals surface area contributed by atoms with Crippen LogP contribution in [0.4, 0.5) is 0 Å². The standard InChI is InChI=1S/C12H10O3/c1-9(15-12-7-10(13)8-12)14-11-5-3-2-4-6-11/h2-7H,1,8H2. The Bertz CT molecular complexity index is 418. The third-order valence-corrected chi connectivity index (χ3v) is 1.89. The number of carbonyl (C=O) groups is 1. The fraction of sp³-hybridized carbons (Fsp3) is 0.0833. The quantitative estimate of drug-likeness (QED) is 0.703. The fourth-order valence-corrected chi connectivity index (χ4v) is 1.17. The maximum atomic E-state index is 10.6. The SMILES string of the molecule is C=C(OC1=CC(=O)C1)Oc1ccccc1. The average Bonchev–Trinajstić information content (AvgIpc) is 2.17. The lowest BCUT2D eigenvalue weighted by Crippen LogP contribution is -2.12. The van der Waals surface area contributed by atoms with Crippen LogP contribution in [-0.2, 0) is 9.53 Å². The van der Waals surface area contributed by atoms with Crippen molar-refractivity contribution in [2.45, 2.75) is 6.42 Å². The smallest absolute Gasteiger partial charge is 0.282 e. The van der Waals surface area contributed by atoms with Gasteiger partial charge >= 0.3 is 0 Å². The molecule has 0 fully saturated rings. The largest absolute Gasteiger partial charge is 0.430 e. The Balaban J connectivity index is 1.88. The number of para-hydroxylation sites is 1. The molecular formula is C12H10O3. The highest BCUT2D eigenvalue weighted by atomic mass is 16.7. The van der Waals surface area contributed by atoms with Crippen molar-refractivity contribution in [3.05, 3.63) is 54.7 Å². The highest BCUT2D eigenvalue weighted by Gasteiger charge is 2.18. The molecule has 0 saturated carbocycles. The monoisotopic (exact) mass is 202 g/mol. The number of benzene rings is 1. The van der Waals surface area contributed by atoms with Gasteiger partial charge in [0, 0.05) is 6.08 Å². The molecule has 0 amide bonds. The summed E-state index contributed by atoms with van der Waals surface area (Å²) in [6.45, 7) is 3.60. The number of hydrogen-bond acceptors (Lipinski definition) is 3. The topological polar surface area (TPSA) is 35.5 Å². The predicted octanol–water partition coefficient (Wildman–Crippen LogP) is 2.41. The molecule has 1 aromatic rings. The van der Waals surface area contributed by atoms with Gasteiger partial charge < -0.3 is 9.47 Å². The highest BCUT2D eigenvalue weighted by molar-refractivity contribution is 5.98. The Kier molecular flexibility index (Phi) is 2.54. The van der Waals surface area contributed by atoms with Gasteiger partial charge in [0.25, 0.3) is 5.95 Å². The zero-order chi connectivity index (χ0) is 10.7. The van der Waals surface area contributed by atoms with Gasteiger partial charge in [0.1, 0.15) is 11.5 Å². The summed E-state index contributed by atoms with van der Waals surface area (Å²) in [6, 6.07) is 9.21. The molecule has 1 aromatic carbocycles. The normalized spacial score (nSPS) is 13.9. The van der Waals surface area contributed by atoms with E-state index in [1.165, 1.54) is 6.08 Å². The molecule has 2 rings (SSSR count). The zero-order valence-corrected chi connectivity index (χ0v) is 8.10. The van der Waals surface area contributed by atoms with E-state index in [9.17, 15) is 4.79 Å². The van der Waals surface area contributed by atoms with E-state index in [1.807, 2.05) is 18.2 Å². The van der Waals surface area contributed by atoms with Crippen molar-refractivity contribution < 1.29 is 14.3 Å². The van der Waals surface area contributed by atoms with Crippen LogP contribution in [0.15, 0.2) is 54.7 Å². The van der Waals surface area contributed by atoms with Crippen molar-refractivity contribution in [1.29, 1.82) is 0 Å². The molecule has 76 valence electrons. The molecule has 3 nitrogen and oxygen atoms in total. The van der Waals surface area contributed by atoms with E-state index in [0.29, 0.717) is 17.9 Å². The molecule has 1 aliphatic carbocycles. The average molecular weight is 202 g/mol. The minimum atomic E-state index is 0.0671. The van der Waals surface area contributed by atoms with Crippen LogP contribution in [0.5, 0.6) is 5.75 Å². The molecule has 0 atom stereocenters. The van der Waals surface area contributed by atoms with Crippen LogP contribution in [0.25, 0.3) is 0 Å². The molecule has 15 heavy (non-hydrogen) atoms. The van der Waals surface area contributed by atoms with Crippen LogP contribution in [-0.4, -0.2) is 5.78 Å². The lowest BCUT2D eigenvalue weighted by Gasteiger charge is -2.15. The second-order valence-corrected chi connectivity index (χ2v) is 3.14. The Hall–Kier alpha value is -2.03. The van der Waals surface area contributed by atoms with E-state index >= 15 is 0 Å². The van der Waals surface area contributed by atoms with Crippen LogP contribution >= 0.6 is 0 Å². The molecule has 3 heteroatoms. The Morgan fingerprint density at radius 1 is 1.20 bits per heavy atom. The van der Waals surface area contributed by atoms with Crippen molar-refractivity contribution in [3.8, 4) is 5.75 Å². The minimum Gasteiger partial charge on any atom is -0.430 e. The van der Waals surface area contributed by atoms with Gasteiger partial charge in [-0.25, -0.2) is 0 Å². The van der Waals surface area contributed by atoms with Crippen molar-refractivity contribution in [3.63, 3.8) is 0 Å². The molecule has 0 aliphatic heterocycles.